The van der Waals surface area contributed by atoms with Crippen molar-refractivity contribution in [2.24, 2.45) is 11.3 Å². The molecule has 9 heteroatoms. The minimum Gasteiger partial charge on any atom is -0.338 e. The molecule has 0 aromatic heterocycles. The van der Waals surface area contributed by atoms with Crippen molar-refractivity contribution < 1.29 is 18.0 Å². The van der Waals surface area contributed by atoms with Crippen LogP contribution < -0.4 is 0 Å². The Labute approximate surface area is 259 Å². The minimum absolute atomic E-state index is 0.0192. The van der Waals surface area contributed by atoms with Crippen LogP contribution >= 0.6 is 11.6 Å². The van der Waals surface area contributed by atoms with Crippen LogP contribution in [0.2, 0.25) is 5.02 Å². The number of hydrogen-bond donors (Lipinski definition) is 0. The third-order valence-corrected chi connectivity index (χ3v) is 11.2. The van der Waals surface area contributed by atoms with E-state index in [9.17, 15) is 18.0 Å². The van der Waals surface area contributed by atoms with Gasteiger partial charge in [0, 0.05) is 44.9 Å². The summed E-state index contributed by atoms with van der Waals surface area (Å²) in [5, 5.41) is 0.481. The molecule has 3 heterocycles. The standard InChI is InChI=1S/C34H38ClN3O4S/c1-43(41,42)28-13-11-25(12-14-28)21-37-20-17-34(33(37)40)15-18-36(19-16-34)22-27-23-38(24-30(27)26-7-3-2-4-8-26)32(39)29-9-5-6-10-31(29)35/h2-14,27,30H,15-24H2,1H3/t27-,30+/m0/s1. The van der Waals surface area contributed by atoms with Crippen molar-refractivity contribution in [2.45, 2.75) is 36.6 Å². The average Bonchev–Trinajstić information content (AvgIpc) is 3.56. The van der Waals surface area contributed by atoms with Gasteiger partial charge >= 0.3 is 0 Å². The molecule has 3 aliphatic rings. The van der Waals surface area contributed by atoms with Crippen LogP contribution in [0.25, 0.3) is 0 Å². The van der Waals surface area contributed by atoms with Crippen LogP contribution in [0.1, 0.15) is 46.7 Å². The number of sulfone groups is 1. The number of amides is 2. The van der Waals surface area contributed by atoms with Crippen LogP contribution in [0.4, 0.5) is 0 Å². The van der Waals surface area contributed by atoms with E-state index in [2.05, 4.69) is 29.2 Å². The lowest BCUT2D eigenvalue weighted by molar-refractivity contribution is -0.139. The number of carbonyl (C=O) groups excluding carboxylic acids is 2. The van der Waals surface area contributed by atoms with Crippen molar-refractivity contribution >= 4 is 33.3 Å². The van der Waals surface area contributed by atoms with Gasteiger partial charge in [-0.3, -0.25) is 9.59 Å². The third-order valence-electron chi connectivity index (χ3n) is 9.69. The summed E-state index contributed by atoms with van der Waals surface area (Å²) in [6.45, 7) is 5.17. The van der Waals surface area contributed by atoms with Gasteiger partial charge in [-0.1, -0.05) is 66.2 Å². The van der Waals surface area contributed by atoms with E-state index in [1.807, 2.05) is 40.1 Å². The van der Waals surface area contributed by atoms with Crippen molar-refractivity contribution in [3.05, 3.63) is 101 Å². The molecule has 0 saturated carbocycles. The zero-order chi connectivity index (χ0) is 30.2. The van der Waals surface area contributed by atoms with Gasteiger partial charge in [0.25, 0.3) is 5.91 Å². The molecule has 2 amide bonds. The molecule has 2 atom stereocenters. The van der Waals surface area contributed by atoms with E-state index < -0.39 is 9.84 Å². The van der Waals surface area contributed by atoms with Gasteiger partial charge in [0.1, 0.15) is 0 Å². The van der Waals surface area contributed by atoms with Gasteiger partial charge in [-0.25, -0.2) is 8.42 Å². The van der Waals surface area contributed by atoms with E-state index in [1.54, 1.807) is 24.3 Å². The summed E-state index contributed by atoms with van der Waals surface area (Å²) in [4.78, 5) is 33.8. The summed E-state index contributed by atoms with van der Waals surface area (Å²) < 4.78 is 23.6. The molecule has 0 bridgehead atoms. The van der Waals surface area contributed by atoms with Crippen LogP contribution in [0.15, 0.2) is 83.8 Å². The fourth-order valence-corrected chi connectivity index (χ4v) is 8.02. The van der Waals surface area contributed by atoms with Crippen LogP contribution in [0.5, 0.6) is 0 Å². The van der Waals surface area contributed by atoms with Gasteiger partial charge in [-0.05, 0) is 73.7 Å². The van der Waals surface area contributed by atoms with Gasteiger partial charge in [0.15, 0.2) is 9.84 Å². The molecular weight excluding hydrogens is 582 g/mol. The summed E-state index contributed by atoms with van der Waals surface area (Å²) in [5.41, 5.74) is 2.43. The number of hydrogen-bond acceptors (Lipinski definition) is 5. The number of piperidine rings is 1. The van der Waals surface area contributed by atoms with Crippen molar-refractivity contribution in [1.82, 2.24) is 14.7 Å². The zero-order valence-corrected chi connectivity index (χ0v) is 26.1. The van der Waals surface area contributed by atoms with Crippen LogP contribution in [-0.4, -0.2) is 80.5 Å². The second-order valence-electron chi connectivity index (χ2n) is 12.4. The number of carbonyl (C=O) groups is 2. The van der Waals surface area contributed by atoms with Crippen LogP contribution in [0.3, 0.4) is 0 Å². The summed E-state index contributed by atoms with van der Waals surface area (Å²) in [6.07, 6.45) is 3.73. The quantitative estimate of drug-likeness (QED) is 0.367. The van der Waals surface area contributed by atoms with E-state index in [-0.39, 0.29) is 29.1 Å². The maximum Gasteiger partial charge on any atom is 0.255 e. The Morgan fingerprint density at radius 3 is 2.21 bits per heavy atom. The van der Waals surface area contributed by atoms with Gasteiger partial charge < -0.3 is 14.7 Å². The SMILES string of the molecule is CS(=O)(=O)c1ccc(CN2CCC3(CCN(C[C@H]4CN(C(=O)c5ccccc5Cl)C[C@@H]4c4ccccc4)CC3)C2=O)cc1. The van der Waals surface area contributed by atoms with Crippen molar-refractivity contribution in [3.63, 3.8) is 0 Å². The van der Waals surface area contributed by atoms with Crippen molar-refractivity contribution in [3.8, 4) is 0 Å². The first-order chi connectivity index (χ1) is 20.6. The Morgan fingerprint density at radius 2 is 1.53 bits per heavy atom. The smallest absolute Gasteiger partial charge is 0.255 e. The Bertz CT molecular complexity index is 1590. The zero-order valence-electron chi connectivity index (χ0n) is 24.5. The maximum absolute atomic E-state index is 13.6. The molecule has 0 aliphatic carbocycles. The Balaban J connectivity index is 1.09. The predicted octanol–water partition coefficient (Wildman–Crippen LogP) is 5.11. The molecule has 3 aliphatic heterocycles. The molecule has 1 spiro atoms. The molecular formula is C34H38ClN3O4S. The largest absolute Gasteiger partial charge is 0.338 e. The average molecular weight is 620 g/mol. The molecule has 43 heavy (non-hydrogen) atoms. The Kier molecular flexibility index (Phi) is 8.37. The predicted molar refractivity (Wildman–Crippen MR) is 168 cm³/mol. The first-order valence-electron chi connectivity index (χ1n) is 15.0. The lowest BCUT2D eigenvalue weighted by atomic mass is 9.76. The van der Waals surface area contributed by atoms with E-state index in [0.29, 0.717) is 35.1 Å². The number of likely N-dealkylation sites (tertiary alicyclic amines) is 3. The van der Waals surface area contributed by atoms with Crippen molar-refractivity contribution in [1.29, 1.82) is 0 Å². The second-order valence-corrected chi connectivity index (χ2v) is 14.9. The number of benzene rings is 3. The molecule has 3 aromatic rings. The molecule has 226 valence electrons. The molecule has 7 nitrogen and oxygen atoms in total. The normalized spacial score (nSPS) is 22.4. The number of rotatable bonds is 7. The topological polar surface area (TPSA) is 78.0 Å². The first kappa shape index (κ1) is 29.9. The minimum atomic E-state index is -3.25. The third kappa shape index (κ3) is 6.24. The van der Waals surface area contributed by atoms with Gasteiger partial charge in [-0.2, -0.15) is 0 Å². The van der Waals surface area contributed by atoms with E-state index in [4.69, 9.17) is 11.6 Å². The molecule has 3 fully saturated rings. The highest BCUT2D eigenvalue weighted by molar-refractivity contribution is 7.90. The summed E-state index contributed by atoms with van der Waals surface area (Å²) in [7, 11) is -3.25. The van der Waals surface area contributed by atoms with E-state index in [0.717, 1.165) is 51.0 Å². The summed E-state index contributed by atoms with van der Waals surface area (Å²) >= 11 is 6.38. The van der Waals surface area contributed by atoms with Crippen LogP contribution in [-0.2, 0) is 21.2 Å². The number of halogens is 1. The Hall–Kier alpha value is -3.20. The molecule has 0 radical (unpaired) electrons. The molecule has 3 saturated heterocycles. The highest BCUT2D eigenvalue weighted by Gasteiger charge is 2.48. The molecule has 6 rings (SSSR count). The lowest BCUT2D eigenvalue weighted by Gasteiger charge is -2.39. The number of nitrogens with zero attached hydrogens (tertiary/aromatic N) is 3. The lowest BCUT2D eigenvalue weighted by Crippen LogP contribution is -2.46. The Morgan fingerprint density at radius 1 is 0.884 bits per heavy atom. The van der Waals surface area contributed by atoms with E-state index in [1.165, 1.54) is 11.8 Å². The highest BCUT2D eigenvalue weighted by atomic mass is 35.5. The fraction of sp³-hybridized carbons (Fsp3) is 0.412. The first-order valence-corrected chi connectivity index (χ1v) is 17.3. The fourth-order valence-electron chi connectivity index (χ4n) is 7.17. The van der Waals surface area contributed by atoms with Crippen molar-refractivity contribution in [2.75, 3.05) is 45.5 Å². The molecule has 3 aromatic carbocycles. The monoisotopic (exact) mass is 619 g/mol. The molecule has 0 N–H and O–H groups in total. The highest BCUT2D eigenvalue weighted by Crippen LogP contribution is 2.43. The van der Waals surface area contributed by atoms with Gasteiger partial charge in [-0.15, -0.1) is 0 Å². The van der Waals surface area contributed by atoms with Gasteiger partial charge in [0.05, 0.1) is 20.9 Å². The van der Waals surface area contributed by atoms with E-state index >= 15 is 0 Å². The second kappa shape index (κ2) is 12.1. The van der Waals surface area contributed by atoms with Gasteiger partial charge in [0.2, 0.25) is 5.91 Å². The summed E-state index contributed by atoms with van der Waals surface area (Å²) in [5.74, 6) is 0.725. The maximum atomic E-state index is 13.6. The summed E-state index contributed by atoms with van der Waals surface area (Å²) in [6, 6.07) is 24.6. The molecule has 0 unspecified atom stereocenters. The van der Waals surface area contributed by atoms with Crippen LogP contribution in [0, 0.1) is 11.3 Å².